The van der Waals surface area contributed by atoms with Crippen LogP contribution in [-0.4, -0.2) is 29.7 Å². The molecule has 6 heteroatoms. The first kappa shape index (κ1) is 13.2. The van der Waals surface area contributed by atoms with E-state index in [0.717, 1.165) is 6.20 Å². The molecule has 2 heterocycles. The van der Waals surface area contributed by atoms with Crippen molar-refractivity contribution >= 4 is 17.0 Å². The average molecular weight is 264 g/mol. The van der Waals surface area contributed by atoms with E-state index in [1.54, 1.807) is 19.1 Å². The Labute approximate surface area is 109 Å². The first-order chi connectivity index (χ1) is 9.15. The molecule has 2 rings (SSSR count). The maximum absolute atomic E-state index is 13.8. The number of rotatable bonds is 4. The first-order valence-corrected chi connectivity index (χ1v) is 5.79. The number of ether oxygens (including phenoxy) is 2. The fraction of sp³-hybridized carbons (Fsp3) is 0.308. The van der Waals surface area contributed by atoms with Crippen molar-refractivity contribution in [3.8, 4) is 5.88 Å². The topological polar surface area (TPSA) is 61.3 Å². The molecule has 0 saturated carbocycles. The van der Waals surface area contributed by atoms with Crippen LogP contribution in [0.2, 0.25) is 0 Å². The van der Waals surface area contributed by atoms with E-state index >= 15 is 0 Å². The second kappa shape index (κ2) is 5.60. The highest BCUT2D eigenvalue weighted by atomic mass is 19.1. The fourth-order valence-corrected chi connectivity index (χ4v) is 1.72. The van der Waals surface area contributed by atoms with Gasteiger partial charge in [-0.2, -0.15) is 0 Å². The number of carbonyl (C=O) groups is 1. The lowest BCUT2D eigenvalue weighted by molar-refractivity contribution is -0.142. The predicted molar refractivity (Wildman–Crippen MR) is 66.4 cm³/mol. The largest absolute Gasteiger partial charge is 0.481 e. The maximum atomic E-state index is 13.8. The van der Waals surface area contributed by atoms with Crippen LogP contribution in [-0.2, 0) is 16.0 Å². The van der Waals surface area contributed by atoms with Gasteiger partial charge in [-0.25, -0.2) is 9.37 Å². The Balaban J connectivity index is 2.50. The van der Waals surface area contributed by atoms with Crippen molar-refractivity contribution in [2.75, 3.05) is 13.7 Å². The van der Waals surface area contributed by atoms with E-state index < -0.39 is 11.8 Å². The van der Waals surface area contributed by atoms with Gasteiger partial charge in [-0.3, -0.25) is 9.78 Å². The van der Waals surface area contributed by atoms with Crippen molar-refractivity contribution in [3.05, 3.63) is 29.7 Å². The molecular formula is C13H13FN2O3. The van der Waals surface area contributed by atoms with Crippen LogP contribution in [0.5, 0.6) is 5.88 Å². The third kappa shape index (κ3) is 2.78. The minimum atomic E-state index is -0.582. The molecule has 0 aliphatic carbocycles. The lowest BCUT2D eigenvalue weighted by Gasteiger charge is -2.07. The van der Waals surface area contributed by atoms with Gasteiger partial charge in [0.25, 0.3) is 0 Å². The van der Waals surface area contributed by atoms with Crippen molar-refractivity contribution in [3.63, 3.8) is 0 Å². The standard InChI is InChI=1S/C13H13FN2O3/c1-3-19-12(17)6-8-9(14)7-15-10-4-5-11(18-2)16-13(8)10/h4-5,7H,3,6H2,1-2H3. The first-order valence-electron chi connectivity index (χ1n) is 5.79. The summed E-state index contributed by atoms with van der Waals surface area (Å²) in [6.07, 6.45) is 0.893. The van der Waals surface area contributed by atoms with Gasteiger partial charge >= 0.3 is 5.97 Å². The Morgan fingerprint density at radius 3 is 2.89 bits per heavy atom. The molecule has 0 amide bonds. The van der Waals surface area contributed by atoms with Crippen molar-refractivity contribution in [1.29, 1.82) is 0 Å². The van der Waals surface area contributed by atoms with Crippen LogP contribution in [0.3, 0.4) is 0 Å². The molecule has 0 aromatic carbocycles. The zero-order valence-electron chi connectivity index (χ0n) is 10.6. The molecule has 0 bridgehead atoms. The van der Waals surface area contributed by atoms with Crippen molar-refractivity contribution in [2.24, 2.45) is 0 Å². The van der Waals surface area contributed by atoms with Gasteiger partial charge in [0.1, 0.15) is 5.82 Å². The van der Waals surface area contributed by atoms with Crippen molar-refractivity contribution in [1.82, 2.24) is 9.97 Å². The average Bonchev–Trinajstić information content (AvgIpc) is 2.42. The molecule has 0 aliphatic heterocycles. The highest BCUT2D eigenvalue weighted by molar-refractivity contribution is 5.83. The van der Waals surface area contributed by atoms with Gasteiger partial charge in [0.15, 0.2) is 0 Å². The number of hydrogen-bond acceptors (Lipinski definition) is 5. The number of pyridine rings is 2. The van der Waals surface area contributed by atoms with E-state index in [1.807, 2.05) is 0 Å². The van der Waals surface area contributed by atoms with Crippen LogP contribution in [0, 0.1) is 5.82 Å². The van der Waals surface area contributed by atoms with Crippen LogP contribution in [0.15, 0.2) is 18.3 Å². The molecule has 0 N–H and O–H groups in total. The molecule has 0 unspecified atom stereocenters. The lowest BCUT2D eigenvalue weighted by atomic mass is 10.1. The summed E-state index contributed by atoms with van der Waals surface area (Å²) >= 11 is 0. The van der Waals surface area contributed by atoms with Gasteiger partial charge in [-0.15, -0.1) is 0 Å². The van der Waals surface area contributed by atoms with Gasteiger partial charge in [0.05, 0.1) is 37.4 Å². The number of fused-ring (bicyclic) bond motifs is 1. The summed E-state index contributed by atoms with van der Waals surface area (Å²) in [7, 11) is 1.46. The summed E-state index contributed by atoms with van der Waals surface area (Å²) < 4.78 is 23.6. The molecule has 100 valence electrons. The molecule has 2 aromatic rings. The maximum Gasteiger partial charge on any atom is 0.310 e. The fourth-order valence-electron chi connectivity index (χ4n) is 1.72. The summed E-state index contributed by atoms with van der Waals surface area (Å²) in [5.74, 6) is -0.746. The Hall–Kier alpha value is -2.24. The number of halogens is 1. The quantitative estimate of drug-likeness (QED) is 0.789. The molecular weight excluding hydrogens is 251 g/mol. The van der Waals surface area contributed by atoms with Crippen LogP contribution in [0.1, 0.15) is 12.5 Å². The van der Waals surface area contributed by atoms with Gasteiger partial charge in [0.2, 0.25) is 5.88 Å². The molecule has 2 aromatic heterocycles. The molecule has 19 heavy (non-hydrogen) atoms. The Bertz CT molecular complexity index is 616. The number of nitrogens with zero attached hydrogens (tertiary/aromatic N) is 2. The second-order valence-corrected chi connectivity index (χ2v) is 3.79. The lowest BCUT2D eigenvalue weighted by Crippen LogP contribution is -2.10. The monoisotopic (exact) mass is 264 g/mol. The summed E-state index contributed by atoms with van der Waals surface area (Å²) in [5.41, 5.74) is 0.983. The number of carbonyl (C=O) groups excluding carboxylic acids is 1. The predicted octanol–water partition coefficient (Wildman–Crippen LogP) is 1.88. The SMILES string of the molecule is CCOC(=O)Cc1c(F)cnc2ccc(OC)nc12. The molecule has 0 saturated heterocycles. The molecule has 0 radical (unpaired) electrons. The van der Waals surface area contributed by atoms with Crippen molar-refractivity contribution in [2.45, 2.75) is 13.3 Å². The van der Waals surface area contributed by atoms with E-state index in [-0.39, 0.29) is 18.6 Å². The third-order valence-corrected chi connectivity index (χ3v) is 2.58. The highest BCUT2D eigenvalue weighted by Gasteiger charge is 2.15. The molecule has 5 nitrogen and oxygen atoms in total. The van der Waals surface area contributed by atoms with E-state index in [9.17, 15) is 9.18 Å². The van der Waals surface area contributed by atoms with E-state index in [1.165, 1.54) is 7.11 Å². The summed E-state index contributed by atoms with van der Waals surface area (Å²) in [6, 6.07) is 3.29. The smallest absolute Gasteiger partial charge is 0.310 e. The zero-order valence-corrected chi connectivity index (χ0v) is 10.6. The Morgan fingerprint density at radius 1 is 1.42 bits per heavy atom. The Kier molecular flexibility index (Phi) is 3.89. The molecule has 0 aliphatic rings. The zero-order chi connectivity index (χ0) is 13.8. The third-order valence-electron chi connectivity index (χ3n) is 2.58. The summed E-state index contributed by atoms with van der Waals surface area (Å²) in [5, 5.41) is 0. The van der Waals surface area contributed by atoms with Gasteiger partial charge in [-0.1, -0.05) is 0 Å². The molecule has 0 fully saturated rings. The molecule has 0 spiro atoms. The summed E-state index contributed by atoms with van der Waals surface area (Å²) in [4.78, 5) is 19.6. The van der Waals surface area contributed by atoms with Crippen molar-refractivity contribution < 1.29 is 18.7 Å². The number of methoxy groups -OCH3 is 1. The highest BCUT2D eigenvalue weighted by Crippen LogP contribution is 2.21. The Morgan fingerprint density at radius 2 is 2.21 bits per heavy atom. The van der Waals surface area contributed by atoms with Crippen LogP contribution >= 0.6 is 0 Å². The number of hydrogen-bond donors (Lipinski definition) is 0. The van der Waals surface area contributed by atoms with E-state index in [4.69, 9.17) is 9.47 Å². The summed E-state index contributed by atoms with van der Waals surface area (Å²) in [6.45, 7) is 1.94. The molecule has 0 atom stereocenters. The minimum Gasteiger partial charge on any atom is -0.481 e. The van der Waals surface area contributed by atoms with E-state index in [2.05, 4.69) is 9.97 Å². The number of aromatic nitrogens is 2. The van der Waals surface area contributed by atoms with Gasteiger partial charge in [-0.05, 0) is 13.0 Å². The van der Waals surface area contributed by atoms with Crippen LogP contribution in [0.4, 0.5) is 4.39 Å². The van der Waals surface area contributed by atoms with Crippen LogP contribution < -0.4 is 4.74 Å². The second-order valence-electron chi connectivity index (χ2n) is 3.79. The minimum absolute atomic E-state index is 0.169. The van der Waals surface area contributed by atoms with Crippen LogP contribution in [0.25, 0.3) is 11.0 Å². The number of esters is 1. The normalized spacial score (nSPS) is 10.5. The van der Waals surface area contributed by atoms with Gasteiger partial charge < -0.3 is 9.47 Å². The van der Waals surface area contributed by atoms with Gasteiger partial charge in [0, 0.05) is 11.6 Å². The van der Waals surface area contributed by atoms with E-state index in [0.29, 0.717) is 16.9 Å².